The Balaban J connectivity index is 1.53. The summed E-state index contributed by atoms with van der Waals surface area (Å²) in [5.74, 6) is 1.48. The fourth-order valence-corrected chi connectivity index (χ4v) is 5.49. The maximum absolute atomic E-state index is 13.6. The van der Waals surface area contributed by atoms with Gasteiger partial charge in [0.1, 0.15) is 5.82 Å². The van der Waals surface area contributed by atoms with Gasteiger partial charge in [0.25, 0.3) is 11.1 Å². The van der Waals surface area contributed by atoms with Crippen molar-refractivity contribution in [2.24, 2.45) is 7.05 Å². The van der Waals surface area contributed by atoms with Gasteiger partial charge in [0.15, 0.2) is 5.16 Å². The fourth-order valence-electron chi connectivity index (χ4n) is 4.57. The van der Waals surface area contributed by atoms with Crippen molar-refractivity contribution in [3.05, 3.63) is 104 Å². The minimum Gasteiger partial charge on any atom is -0.299 e. The normalized spacial score (nSPS) is 11.6. The van der Waals surface area contributed by atoms with E-state index in [1.165, 1.54) is 11.8 Å². The summed E-state index contributed by atoms with van der Waals surface area (Å²) in [5.41, 5.74) is 4.02. The largest absolute Gasteiger partial charge is 0.299 e. The van der Waals surface area contributed by atoms with Crippen LogP contribution in [-0.2, 0) is 12.8 Å². The molecule has 0 N–H and O–H groups in total. The predicted octanol–water partition coefficient (Wildman–Crippen LogP) is 4.19. The summed E-state index contributed by atoms with van der Waals surface area (Å²) in [7, 11) is 1.73. The number of thioether (sulfide) groups is 1. The monoisotopic (exact) mass is 494 g/mol. The molecule has 0 aliphatic carbocycles. The molecule has 0 radical (unpaired) electrons. The van der Waals surface area contributed by atoms with Crippen molar-refractivity contribution < 1.29 is 0 Å². The lowest BCUT2D eigenvalue weighted by Crippen LogP contribution is -2.23. The van der Waals surface area contributed by atoms with E-state index in [4.69, 9.17) is 4.98 Å². The number of hydrogen-bond donors (Lipinski definition) is 0. The molecule has 0 unspecified atom stereocenters. The summed E-state index contributed by atoms with van der Waals surface area (Å²) in [4.78, 5) is 31.1. The first-order valence-electron chi connectivity index (χ1n) is 11.5. The van der Waals surface area contributed by atoms with Crippen molar-refractivity contribution in [3.8, 4) is 5.69 Å². The van der Waals surface area contributed by atoms with Gasteiger partial charge in [-0.05, 0) is 49.7 Å². The van der Waals surface area contributed by atoms with E-state index in [0.717, 1.165) is 22.3 Å². The second-order valence-electron chi connectivity index (χ2n) is 8.76. The Kier molecular flexibility index (Phi) is 5.22. The maximum Gasteiger partial charge on any atom is 0.267 e. The average Bonchev–Trinajstić information content (AvgIpc) is 3.30. The van der Waals surface area contributed by atoms with E-state index in [1.807, 2.05) is 78.9 Å². The van der Waals surface area contributed by atoms with Gasteiger partial charge < -0.3 is 0 Å². The minimum absolute atomic E-state index is 0.0866. The Bertz CT molecular complexity index is 1940. The number of nitrogens with zero attached hydrogens (tertiary/aromatic N) is 6. The molecule has 3 aromatic heterocycles. The Morgan fingerprint density at radius 3 is 2.42 bits per heavy atom. The predicted molar refractivity (Wildman–Crippen MR) is 142 cm³/mol. The van der Waals surface area contributed by atoms with E-state index in [0.29, 0.717) is 38.8 Å². The highest BCUT2D eigenvalue weighted by atomic mass is 32.2. The molecule has 0 saturated heterocycles. The molecule has 8 nitrogen and oxygen atoms in total. The van der Waals surface area contributed by atoms with E-state index in [1.54, 1.807) is 22.2 Å². The van der Waals surface area contributed by atoms with Crippen LogP contribution >= 0.6 is 11.8 Å². The van der Waals surface area contributed by atoms with Crippen LogP contribution < -0.4 is 11.1 Å². The summed E-state index contributed by atoms with van der Waals surface area (Å²) in [5, 5.41) is 10.7. The number of para-hydroxylation sites is 2. The van der Waals surface area contributed by atoms with Gasteiger partial charge >= 0.3 is 0 Å². The standard InChI is InChI=1S/C27H22N6O2S/c1-16-12-13-21(17(2)14-16)32-25(35)19-9-5-7-11-22(19)33-26(32)29-30-27(33)36-15-23-28-20-10-6-4-8-18(20)24(34)31(23)3/h4-14H,15H2,1-3H3. The van der Waals surface area contributed by atoms with Crippen LogP contribution in [0.1, 0.15) is 17.0 Å². The molecule has 9 heteroatoms. The van der Waals surface area contributed by atoms with Gasteiger partial charge in [-0.3, -0.25) is 18.6 Å². The van der Waals surface area contributed by atoms with Crippen LogP contribution in [0.5, 0.6) is 0 Å². The second-order valence-corrected chi connectivity index (χ2v) is 9.71. The highest BCUT2D eigenvalue weighted by molar-refractivity contribution is 7.98. The molecule has 0 atom stereocenters. The van der Waals surface area contributed by atoms with Crippen molar-refractivity contribution in [2.75, 3.05) is 0 Å². The number of aryl methyl sites for hydroxylation is 2. The summed E-state index contributed by atoms with van der Waals surface area (Å²) in [6, 6.07) is 20.8. The molecule has 0 saturated carbocycles. The molecule has 178 valence electrons. The summed E-state index contributed by atoms with van der Waals surface area (Å²) < 4.78 is 5.10. The van der Waals surface area contributed by atoms with Crippen LogP contribution in [-0.4, -0.2) is 28.7 Å². The molecular formula is C27H22N6O2S. The second kappa shape index (κ2) is 8.46. The lowest BCUT2D eigenvalue weighted by Gasteiger charge is -2.14. The van der Waals surface area contributed by atoms with Crippen LogP contribution in [0, 0.1) is 13.8 Å². The van der Waals surface area contributed by atoms with Crippen molar-refractivity contribution >= 4 is 39.3 Å². The highest BCUT2D eigenvalue weighted by Gasteiger charge is 2.19. The van der Waals surface area contributed by atoms with Gasteiger partial charge in [-0.15, -0.1) is 10.2 Å². The first-order chi connectivity index (χ1) is 17.4. The highest BCUT2D eigenvalue weighted by Crippen LogP contribution is 2.26. The molecule has 0 bridgehead atoms. The lowest BCUT2D eigenvalue weighted by atomic mass is 10.1. The Morgan fingerprint density at radius 1 is 0.861 bits per heavy atom. The van der Waals surface area contributed by atoms with Crippen LogP contribution in [0.4, 0.5) is 0 Å². The zero-order valence-electron chi connectivity index (χ0n) is 20.0. The van der Waals surface area contributed by atoms with Crippen molar-refractivity contribution in [2.45, 2.75) is 24.8 Å². The van der Waals surface area contributed by atoms with Crippen LogP contribution in [0.2, 0.25) is 0 Å². The molecule has 0 fully saturated rings. The summed E-state index contributed by atoms with van der Waals surface area (Å²) >= 11 is 1.42. The third-order valence-electron chi connectivity index (χ3n) is 6.39. The van der Waals surface area contributed by atoms with Crippen molar-refractivity contribution in [1.82, 2.24) is 28.7 Å². The first kappa shape index (κ1) is 22.2. The van der Waals surface area contributed by atoms with Crippen molar-refractivity contribution in [3.63, 3.8) is 0 Å². The number of fused-ring (bicyclic) bond motifs is 4. The Hall–Kier alpha value is -4.24. The van der Waals surface area contributed by atoms with E-state index < -0.39 is 0 Å². The third kappa shape index (κ3) is 3.43. The molecule has 36 heavy (non-hydrogen) atoms. The topological polar surface area (TPSA) is 87.1 Å². The molecule has 3 heterocycles. The zero-order chi connectivity index (χ0) is 25.0. The average molecular weight is 495 g/mol. The van der Waals surface area contributed by atoms with Gasteiger partial charge in [-0.2, -0.15) is 0 Å². The fraction of sp³-hybridized carbons (Fsp3) is 0.148. The van der Waals surface area contributed by atoms with E-state index in [-0.39, 0.29) is 11.1 Å². The van der Waals surface area contributed by atoms with Gasteiger partial charge in [0.2, 0.25) is 5.78 Å². The quantitative estimate of drug-likeness (QED) is 0.342. The van der Waals surface area contributed by atoms with E-state index >= 15 is 0 Å². The summed E-state index contributed by atoms with van der Waals surface area (Å²) in [6.07, 6.45) is 0. The SMILES string of the molecule is Cc1ccc(-n2c(=O)c3ccccc3n3c(SCc4nc5ccccc5c(=O)n4C)nnc23)c(C)c1. The molecule has 3 aromatic carbocycles. The smallest absolute Gasteiger partial charge is 0.267 e. The van der Waals surface area contributed by atoms with Crippen LogP contribution in [0.25, 0.3) is 33.3 Å². The maximum atomic E-state index is 13.6. The van der Waals surface area contributed by atoms with Gasteiger partial charge in [0, 0.05) is 7.05 Å². The van der Waals surface area contributed by atoms with Gasteiger partial charge in [0.05, 0.1) is 33.2 Å². The van der Waals surface area contributed by atoms with Crippen LogP contribution in [0.15, 0.2) is 81.5 Å². The minimum atomic E-state index is -0.146. The molecule has 0 spiro atoms. The molecule has 0 aliphatic rings. The zero-order valence-corrected chi connectivity index (χ0v) is 20.8. The number of benzene rings is 3. The van der Waals surface area contributed by atoms with Crippen molar-refractivity contribution in [1.29, 1.82) is 0 Å². The lowest BCUT2D eigenvalue weighted by molar-refractivity contribution is 0.783. The molecular weight excluding hydrogens is 472 g/mol. The molecule has 6 aromatic rings. The number of aromatic nitrogens is 6. The molecule has 6 rings (SSSR count). The van der Waals surface area contributed by atoms with E-state index in [2.05, 4.69) is 10.2 Å². The number of hydrogen-bond acceptors (Lipinski definition) is 6. The van der Waals surface area contributed by atoms with E-state index in [9.17, 15) is 9.59 Å². The molecule has 0 aliphatic heterocycles. The first-order valence-corrected chi connectivity index (χ1v) is 12.5. The Morgan fingerprint density at radius 2 is 1.61 bits per heavy atom. The Labute approximate surface area is 209 Å². The molecule has 0 amide bonds. The van der Waals surface area contributed by atoms with Crippen LogP contribution in [0.3, 0.4) is 0 Å². The number of rotatable bonds is 4. The van der Waals surface area contributed by atoms with Gasteiger partial charge in [-0.25, -0.2) is 9.55 Å². The summed E-state index contributed by atoms with van der Waals surface area (Å²) in [6.45, 7) is 4.01. The van der Waals surface area contributed by atoms with Gasteiger partial charge in [-0.1, -0.05) is 53.7 Å². The third-order valence-corrected chi connectivity index (χ3v) is 7.32.